The standard InChI is InChI=1S/C17H18ClFN2O3S/c1-12(17(22)20-11-13-7-3-4-8-14(13)18)21(25(2,23)24)16-10-6-5-9-15(16)19/h3-10,12H,11H2,1-2H3,(H,20,22). The minimum absolute atomic E-state index is 0.137. The van der Waals surface area contributed by atoms with Crippen molar-refractivity contribution in [1.82, 2.24) is 5.32 Å². The van der Waals surface area contributed by atoms with Gasteiger partial charge in [0.1, 0.15) is 11.9 Å². The van der Waals surface area contributed by atoms with E-state index in [2.05, 4.69) is 5.32 Å². The van der Waals surface area contributed by atoms with Crippen LogP contribution in [0.25, 0.3) is 0 Å². The number of rotatable bonds is 6. The van der Waals surface area contributed by atoms with Crippen LogP contribution in [0.5, 0.6) is 0 Å². The largest absolute Gasteiger partial charge is 0.350 e. The number of nitrogens with one attached hydrogen (secondary N) is 1. The van der Waals surface area contributed by atoms with Gasteiger partial charge in [0.2, 0.25) is 15.9 Å². The van der Waals surface area contributed by atoms with Crippen LogP contribution in [0.15, 0.2) is 48.5 Å². The molecular weight excluding hydrogens is 367 g/mol. The summed E-state index contributed by atoms with van der Waals surface area (Å²) >= 11 is 6.03. The molecule has 25 heavy (non-hydrogen) atoms. The quantitative estimate of drug-likeness (QED) is 0.832. The first-order valence-corrected chi connectivity index (χ1v) is 9.69. The van der Waals surface area contributed by atoms with Crippen molar-refractivity contribution in [3.8, 4) is 0 Å². The highest BCUT2D eigenvalue weighted by molar-refractivity contribution is 7.92. The third kappa shape index (κ3) is 4.70. The Bertz CT molecular complexity index is 874. The molecule has 1 unspecified atom stereocenters. The average Bonchev–Trinajstić information content (AvgIpc) is 2.54. The maximum Gasteiger partial charge on any atom is 0.243 e. The van der Waals surface area contributed by atoms with Gasteiger partial charge in [-0.15, -0.1) is 0 Å². The van der Waals surface area contributed by atoms with Gasteiger partial charge in [0.05, 0.1) is 11.9 Å². The number of nitrogens with zero attached hydrogens (tertiary/aromatic N) is 1. The zero-order valence-electron chi connectivity index (χ0n) is 13.7. The third-order valence-corrected chi connectivity index (χ3v) is 5.19. The van der Waals surface area contributed by atoms with Gasteiger partial charge in [0.25, 0.3) is 0 Å². The predicted octanol–water partition coefficient (Wildman–Crippen LogP) is 2.95. The molecular formula is C17H18ClFN2O3S. The Kier molecular flexibility index (Phi) is 6.02. The zero-order chi connectivity index (χ0) is 18.6. The second-order valence-electron chi connectivity index (χ2n) is 5.50. The van der Waals surface area contributed by atoms with E-state index in [4.69, 9.17) is 11.6 Å². The molecule has 2 aromatic carbocycles. The number of carbonyl (C=O) groups excluding carboxylic acids is 1. The van der Waals surface area contributed by atoms with Gasteiger partial charge < -0.3 is 5.32 Å². The Balaban J connectivity index is 2.22. The lowest BCUT2D eigenvalue weighted by Crippen LogP contribution is -2.48. The summed E-state index contributed by atoms with van der Waals surface area (Å²) in [6, 6.07) is 11.3. The van der Waals surface area contributed by atoms with Crippen molar-refractivity contribution in [3.05, 3.63) is 64.9 Å². The molecule has 0 spiro atoms. The van der Waals surface area contributed by atoms with Crippen molar-refractivity contribution in [2.24, 2.45) is 0 Å². The molecule has 1 N–H and O–H groups in total. The number of benzene rings is 2. The fourth-order valence-electron chi connectivity index (χ4n) is 2.38. The molecule has 1 atom stereocenters. The van der Waals surface area contributed by atoms with E-state index in [1.165, 1.54) is 25.1 Å². The first kappa shape index (κ1) is 19.2. The first-order valence-electron chi connectivity index (χ1n) is 7.47. The minimum Gasteiger partial charge on any atom is -0.350 e. The number of hydrogen-bond donors (Lipinski definition) is 1. The monoisotopic (exact) mass is 384 g/mol. The Labute approximate surface area is 151 Å². The van der Waals surface area contributed by atoms with Crippen molar-refractivity contribution in [2.45, 2.75) is 19.5 Å². The van der Waals surface area contributed by atoms with Crippen molar-refractivity contribution >= 4 is 33.2 Å². The van der Waals surface area contributed by atoms with E-state index in [9.17, 15) is 17.6 Å². The second kappa shape index (κ2) is 7.84. The topological polar surface area (TPSA) is 66.5 Å². The van der Waals surface area contributed by atoms with Crippen LogP contribution in [-0.2, 0) is 21.4 Å². The summed E-state index contributed by atoms with van der Waals surface area (Å²) in [5.74, 6) is -1.28. The molecule has 134 valence electrons. The molecule has 0 aliphatic carbocycles. The van der Waals surface area contributed by atoms with Gasteiger partial charge in [-0.2, -0.15) is 0 Å². The lowest BCUT2D eigenvalue weighted by molar-refractivity contribution is -0.122. The van der Waals surface area contributed by atoms with E-state index >= 15 is 0 Å². The maximum atomic E-state index is 14.0. The molecule has 0 aliphatic rings. The summed E-state index contributed by atoms with van der Waals surface area (Å²) in [5.41, 5.74) is 0.520. The molecule has 0 radical (unpaired) electrons. The fourth-order valence-corrected chi connectivity index (χ4v) is 3.76. The van der Waals surface area contributed by atoms with Crippen molar-refractivity contribution in [3.63, 3.8) is 0 Å². The molecule has 0 heterocycles. The van der Waals surface area contributed by atoms with Crippen LogP contribution in [0.4, 0.5) is 10.1 Å². The van der Waals surface area contributed by atoms with Gasteiger partial charge in [-0.3, -0.25) is 9.10 Å². The van der Waals surface area contributed by atoms with Crippen LogP contribution in [0, 0.1) is 5.82 Å². The molecule has 2 aromatic rings. The van der Waals surface area contributed by atoms with Gasteiger partial charge in [-0.05, 0) is 30.7 Å². The van der Waals surface area contributed by atoms with Gasteiger partial charge >= 0.3 is 0 Å². The molecule has 5 nitrogen and oxygen atoms in total. The van der Waals surface area contributed by atoms with Crippen molar-refractivity contribution < 1.29 is 17.6 Å². The maximum absolute atomic E-state index is 14.0. The average molecular weight is 385 g/mol. The van der Waals surface area contributed by atoms with E-state index in [1.807, 2.05) is 0 Å². The second-order valence-corrected chi connectivity index (χ2v) is 7.76. The summed E-state index contributed by atoms with van der Waals surface area (Å²) in [7, 11) is -3.87. The van der Waals surface area contributed by atoms with Crippen LogP contribution in [-0.4, -0.2) is 26.6 Å². The highest BCUT2D eigenvalue weighted by Crippen LogP contribution is 2.24. The molecule has 0 aromatic heterocycles. The lowest BCUT2D eigenvalue weighted by atomic mass is 10.2. The third-order valence-electron chi connectivity index (χ3n) is 3.59. The SMILES string of the molecule is CC(C(=O)NCc1ccccc1Cl)N(c1ccccc1F)S(C)(=O)=O. The molecule has 0 aliphatic heterocycles. The molecule has 8 heteroatoms. The number of para-hydroxylation sites is 1. The summed E-state index contributed by atoms with van der Waals surface area (Å²) in [4.78, 5) is 12.4. The van der Waals surface area contributed by atoms with Crippen LogP contribution in [0.2, 0.25) is 5.02 Å². The Morgan fingerprint density at radius 1 is 1.20 bits per heavy atom. The van der Waals surface area contributed by atoms with Crippen LogP contribution in [0.3, 0.4) is 0 Å². The summed E-state index contributed by atoms with van der Waals surface area (Å²) in [5, 5.41) is 3.12. The van der Waals surface area contributed by atoms with E-state index in [1.54, 1.807) is 24.3 Å². The lowest BCUT2D eigenvalue weighted by Gasteiger charge is -2.28. The summed E-state index contributed by atoms with van der Waals surface area (Å²) < 4.78 is 39.0. The van der Waals surface area contributed by atoms with Gasteiger partial charge in [0, 0.05) is 11.6 Å². The molecule has 2 rings (SSSR count). The van der Waals surface area contributed by atoms with Crippen molar-refractivity contribution in [2.75, 3.05) is 10.6 Å². The number of amides is 1. The normalized spacial score (nSPS) is 12.5. The molecule has 0 fully saturated rings. The minimum atomic E-state index is -3.87. The van der Waals surface area contributed by atoms with Crippen LogP contribution < -0.4 is 9.62 Å². The molecule has 0 bridgehead atoms. The van der Waals surface area contributed by atoms with Crippen LogP contribution >= 0.6 is 11.6 Å². The van der Waals surface area contributed by atoms with Crippen LogP contribution in [0.1, 0.15) is 12.5 Å². The predicted molar refractivity (Wildman–Crippen MR) is 96.5 cm³/mol. The summed E-state index contributed by atoms with van der Waals surface area (Å²) in [6.45, 7) is 1.53. The van der Waals surface area contributed by atoms with E-state index < -0.39 is 27.8 Å². The smallest absolute Gasteiger partial charge is 0.243 e. The number of hydrogen-bond acceptors (Lipinski definition) is 3. The zero-order valence-corrected chi connectivity index (χ0v) is 15.3. The van der Waals surface area contributed by atoms with Gasteiger partial charge in [0.15, 0.2) is 0 Å². The molecule has 0 saturated heterocycles. The number of carbonyl (C=O) groups is 1. The van der Waals surface area contributed by atoms with Gasteiger partial charge in [-0.1, -0.05) is 41.9 Å². The summed E-state index contributed by atoms with van der Waals surface area (Å²) in [6.07, 6.45) is 0.928. The van der Waals surface area contributed by atoms with Crippen molar-refractivity contribution in [1.29, 1.82) is 0 Å². The Morgan fingerprint density at radius 3 is 2.40 bits per heavy atom. The fraction of sp³-hybridized carbons (Fsp3) is 0.235. The number of sulfonamides is 1. The Hall–Kier alpha value is -2.12. The number of anilines is 1. The first-order chi connectivity index (χ1) is 11.7. The van der Waals surface area contributed by atoms with E-state index in [0.717, 1.165) is 16.6 Å². The Morgan fingerprint density at radius 2 is 1.80 bits per heavy atom. The highest BCUT2D eigenvalue weighted by Gasteiger charge is 2.30. The highest BCUT2D eigenvalue weighted by atomic mass is 35.5. The van der Waals surface area contributed by atoms with E-state index in [-0.39, 0.29) is 12.2 Å². The van der Waals surface area contributed by atoms with Gasteiger partial charge in [-0.25, -0.2) is 12.8 Å². The number of halogens is 2. The van der Waals surface area contributed by atoms with E-state index in [0.29, 0.717) is 10.6 Å². The molecule has 1 amide bonds. The molecule has 0 saturated carbocycles.